The summed E-state index contributed by atoms with van der Waals surface area (Å²) in [5.41, 5.74) is 1.21. The van der Waals surface area contributed by atoms with Crippen LogP contribution in [0.5, 0.6) is 0 Å². The van der Waals surface area contributed by atoms with Gasteiger partial charge in [-0.15, -0.1) is 0 Å². The van der Waals surface area contributed by atoms with E-state index in [9.17, 15) is 5.11 Å². The average Bonchev–Trinajstić information content (AvgIpc) is 2.99. The SMILES string of the molecule is OCC(NC1CC2CCC1C2)c1ccccc1. The molecule has 2 nitrogen and oxygen atoms in total. The van der Waals surface area contributed by atoms with E-state index in [1.807, 2.05) is 18.2 Å². The van der Waals surface area contributed by atoms with Gasteiger partial charge in [0.05, 0.1) is 12.6 Å². The average molecular weight is 231 g/mol. The lowest BCUT2D eigenvalue weighted by molar-refractivity contribution is 0.215. The minimum atomic E-state index is 0.112. The summed E-state index contributed by atoms with van der Waals surface area (Å²) in [6.45, 7) is 0.192. The van der Waals surface area contributed by atoms with Crippen molar-refractivity contribution in [3.05, 3.63) is 35.9 Å². The zero-order chi connectivity index (χ0) is 11.7. The largest absolute Gasteiger partial charge is 0.394 e. The van der Waals surface area contributed by atoms with E-state index in [-0.39, 0.29) is 12.6 Å². The van der Waals surface area contributed by atoms with Gasteiger partial charge in [-0.3, -0.25) is 0 Å². The fraction of sp³-hybridized carbons (Fsp3) is 0.600. The van der Waals surface area contributed by atoms with Crippen LogP contribution < -0.4 is 5.32 Å². The maximum Gasteiger partial charge on any atom is 0.0626 e. The standard InChI is InChI=1S/C15H21NO/c17-10-15(12-4-2-1-3-5-12)16-14-9-11-6-7-13(14)8-11/h1-5,11,13-17H,6-10H2. The number of benzene rings is 1. The van der Waals surface area contributed by atoms with Crippen molar-refractivity contribution in [2.24, 2.45) is 11.8 Å². The van der Waals surface area contributed by atoms with Crippen LogP contribution in [0, 0.1) is 11.8 Å². The monoisotopic (exact) mass is 231 g/mol. The molecule has 2 N–H and O–H groups in total. The van der Waals surface area contributed by atoms with Crippen molar-refractivity contribution >= 4 is 0 Å². The van der Waals surface area contributed by atoms with Gasteiger partial charge in [-0.2, -0.15) is 0 Å². The van der Waals surface area contributed by atoms with Crippen LogP contribution >= 0.6 is 0 Å². The summed E-state index contributed by atoms with van der Waals surface area (Å²) >= 11 is 0. The molecule has 92 valence electrons. The number of hydrogen-bond acceptors (Lipinski definition) is 2. The predicted molar refractivity (Wildman–Crippen MR) is 68.6 cm³/mol. The molecule has 4 atom stereocenters. The molecule has 17 heavy (non-hydrogen) atoms. The summed E-state index contributed by atoms with van der Waals surface area (Å²) in [6.07, 6.45) is 5.53. The third-order valence-corrected chi connectivity index (χ3v) is 4.54. The Labute approximate surface area is 103 Å². The lowest BCUT2D eigenvalue weighted by Gasteiger charge is -2.28. The Hall–Kier alpha value is -0.860. The second kappa shape index (κ2) is 4.79. The Balaban J connectivity index is 1.67. The van der Waals surface area contributed by atoms with Crippen LogP contribution in [0.15, 0.2) is 30.3 Å². The topological polar surface area (TPSA) is 32.3 Å². The van der Waals surface area contributed by atoms with Crippen molar-refractivity contribution in [3.8, 4) is 0 Å². The van der Waals surface area contributed by atoms with E-state index in [0.29, 0.717) is 6.04 Å². The lowest BCUT2D eigenvalue weighted by Crippen LogP contribution is -2.38. The summed E-state index contributed by atoms with van der Waals surface area (Å²) in [5, 5.41) is 13.2. The van der Waals surface area contributed by atoms with Crippen molar-refractivity contribution in [1.82, 2.24) is 5.32 Å². The van der Waals surface area contributed by atoms with Gasteiger partial charge in [0.15, 0.2) is 0 Å². The second-order valence-corrected chi connectivity index (χ2v) is 5.59. The third kappa shape index (κ3) is 2.24. The first kappa shape index (κ1) is 11.2. The van der Waals surface area contributed by atoms with Gasteiger partial charge in [-0.1, -0.05) is 36.8 Å². The van der Waals surface area contributed by atoms with Crippen molar-refractivity contribution < 1.29 is 5.11 Å². The molecular formula is C15H21NO. The fourth-order valence-corrected chi connectivity index (χ4v) is 3.65. The summed E-state index contributed by atoms with van der Waals surface area (Å²) in [4.78, 5) is 0. The third-order valence-electron chi connectivity index (χ3n) is 4.54. The first-order chi connectivity index (χ1) is 8.36. The Morgan fingerprint density at radius 3 is 2.59 bits per heavy atom. The van der Waals surface area contributed by atoms with Crippen molar-refractivity contribution in [2.75, 3.05) is 6.61 Å². The minimum absolute atomic E-state index is 0.112. The van der Waals surface area contributed by atoms with E-state index >= 15 is 0 Å². The molecule has 0 radical (unpaired) electrons. The molecule has 1 aromatic rings. The molecule has 0 amide bonds. The lowest BCUT2D eigenvalue weighted by atomic mass is 9.94. The fourth-order valence-electron chi connectivity index (χ4n) is 3.65. The van der Waals surface area contributed by atoms with Gasteiger partial charge in [0.2, 0.25) is 0 Å². The summed E-state index contributed by atoms with van der Waals surface area (Å²) < 4.78 is 0. The molecule has 2 bridgehead atoms. The molecule has 0 aromatic heterocycles. The molecule has 0 aliphatic heterocycles. The van der Waals surface area contributed by atoms with Gasteiger partial charge in [0.25, 0.3) is 0 Å². The van der Waals surface area contributed by atoms with Crippen molar-refractivity contribution in [2.45, 2.75) is 37.8 Å². The van der Waals surface area contributed by atoms with Gasteiger partial charge in [-0.05, 0) is 36.7 Å². The molecular weight excluding hydrogens is 210 g/mol. The molecule has 2 aliphatic rings. The van der Waals surface area contributed by atoms with E-state index < -0.39 is 0 Å². The Bertz CT molecular complexity index is 364. The van der Waals surface area contributed by atoms with Crippen LogP contribution in [0.3, 0.4) is 0 Å². The maximum absolute atomic E-state index is 9.55. The van der Waals surface area contributed by atoms with Crippen LogP contribution in [0.4, 0.5) is 0 Å². The van der Waals surface area contributed by atoms with E-state index in [0.717, 1.165) is 11.8 Å². The first-order valence-corrected chi connectivity index (χ1v) is 6.78. The van der Waals surface area contributed by atoms with Crippen LogP contribution in [0.25, 0.3) is 0 Å². The van der Waals surface area contributed by atoms with E-state index in [2.05, 4.69) is 17.4 Å². The number of aliphatic hydroxyl groups excluding tert-OH is 1. The van der Waals surface area contributed by atoms with E-state index in [4.69, 9.17) is 0 Å². The number of hydrogen-bond donors (Lipinski definition) is 2. The molecule has 2 fully saturated rings. The Morgan fingerprint density at radius 1 is 1.18 bits per heavy atom. The molecule has 1 aromatic carbocycles. The molecule has 3 rings (SSSR count). The summed E-state index contributed by atoms with van der Waals surface area (Å²) in [5.74, 6) is 1.81. The van der Waals surface area contributed by atoms with Crippen molar-refractivity contribution in [1.29, 1.82) is 0 Å². The minimum Gasteiger partial charge on any atom is -0.394 e. The highest BCUT2D eigenvalue weighted by Gasteiger charge is 2.40. The number of nitrogens with one attached hydrogen (secondary N) is 1. The van der Waals surface area contributed by atoms with Gasteiger partial charge in [-0.25, -0.2) is 0 Å². The summed E-state index contributed by atoms with van der Waals surface area (Å²) in [6, 6.07) is 11.0. The molecule has 2 heteroatoms. The zero-order valence-corrected chi connectivity index (χ0v) is 10.2. The van der Waals surface area contributed by atoms with Gasteiger partial charge in [0, 0.05) is 6.04 Å². The molecule has 0 spiro atoms. The zero-order valence-electron chi connectivity index (χ0n) is 10.2. The van der Waals surface area contributed by atoms with Crippen LogP contribution in [-0.4, -0.2) is 17.8 Å². The van der Waals surface area contributed by atoms with Gasteiger partial charge in [0.1, 0.15) is 0 Å². The predicted octanol–water partition coefficient (Wildman–Crippen LogP) is 2.50. The van der Waals surface area contributed by atoms with Crippen LogP contribution in [0.1, 0.15) is 37.3 Å². The van der Waals surface area contributed by atoms with Crippen molar-refractivity contribution in [3.63, 3.8) is 0 Å². The molecule has 4 unspecified atom stereocenters. The highest BCUT2D eigenvalue weighted by Crippen LogP contribution is 2.45. The van der Waals surface area contributed by atoms with Crippen LogP contribution in [-0.2, 0) is 0 Å². The second-order valence-electron chi connectivity index (χ2n) is 5.59. The Kier molecular flexibility index (Phi) is 3.17. The molecule has 0 heterocycles. The molecule has 0 saturated heterocycles. The maximum atomic E-state index is 9.55. The number of rotatable bonds is 4. The highest BCUT2D eigenvalue weighted by atomic mass is 16.3. The quantitative estimate of drug-likeness (QED) is 0.834. The first-order valence-electron chi connectivity index (χ1n) is 6.78. The number of fused-ring (bicyclic) bond motifs is 2. The highest BCUT2D eigenvalue weighted by molar-refractivity contribution is 5.19. The van der Waals surface area contributed by atoms with Crippen LogP contribution in [0.2, 0.25) is 0 Å². The van der Waals surface area contributed by atoms with Gasteiger partial charge >= 0.3 is 0 Å². The summed E-state index contributed by atoms with van der Waals surface area (Å²) in [7, 11) is 0. The van der Waals surface area contributed by atoms with Gasteiger partial charge < -0.3 is 10.4 Å². The van der Waals surface area contributed by atoms with E-state index in [1.54, 1.807) is 0 Å². The normalized spacial score (nSPS) is 32.9. The molecule has 2 saturated carbocycles. The number of aliphatic hydroxyl groups is 1. The van der Waals surface area contributed by atoms with E-state index in [1.165, 1.54) is 31.2 Å². The smallest absolute Gasteiger partial charge is 0.0626 e. The molecule has 2 aliphatic carbocycles. The Morgan fingerprint density at radius 2 is 2.00 bits per heavy atom.